The van der Waals surface area contributed by atoms with Crippen molar-refractivity contribution in [2.75, 3.05) is 0 Å². The minimum absolute atomic E-state index is 0.126. The first kappa shape index (κ1) is 20.4. The maximum atomic E-state index is 13.7. The highest BCUT2D eigenvalue weighted by Gasteiger charge is 2.35. The van der Waals surface area contributed by atoms with E-state index in [1.54, 1.807) is 0 Å². The molecule has 0 spiro atoms. The number of hydrogen-bond acceptors (Lipinski definition) is 4. The zero-order chi connectivity index (χ0) is 23.4. The van der Waals surface area contributed by atoms with Crippen LogP contribution in [0.25, 0.3) is 32.7 Å². The van der Waals surface area contributed by atoms with Crippen LogP contribution in [0.5, 0.6) is 0 Å². The van der Waals surface area contributed by atoms with Crippen molar-refractivity contribution in [1.29, 1.82) is 0 Å². The second kappa shape index (κ2) is 7.67. The van der Waals surface area contributed by atoms with Gasteiger partial charge in [-0.2, -0.15) is 0 Å². The lowest BCUT2D eigenvalue weighted by molar-refractivity contribution is 0.0990. The predicted molar refractivity (Wildman–Crippen MR) is 127 cm³/mol. The van der Waals surface area contributed by atoms with Crippen molar-refractivity contribution >= 4 is 39.3 Å². The first-order valence-corrected chi connectivity index (χ1v) is 11.3. The minimum atomic E-state index is -1.16. The summed E-state index contributed by atoms with van der Waals surface area (Å²) in [5.41, 5.74) is 2.68. The van der Waals surface area contributed by atoms with E-state index in [9.17, 15) is 18.4 Å². The van der Waals surface area contributed by atoms with Crippen molar-refractivity contribution in [3.05, 3.63) is 113 Å². The Kier molecular flexibility index (Phi) is 4.60. The zero-order valence-electron chi connectivity index (χ0n) is 17.5. The number of aromatic nitrogens is 2. The van der Waals surface area contributed by atoms with Crippen LogP contribution in [0.1, 0.15) is 26.4 Å². The Morgan fingerprint density at radius 3 is 2.00 bits per heavy atom. The standard InChI is InChI=1S/C27H14F2N2O2S/c28-21-13-18-19(14-22(21)29)25(33)20(24(18)32)11-17-12-23-26(31(17)16-9-5-2-6-10-16)30-27(34-23)15-7-3-1-4-8-15/h1-14H. The second-order valence-electron chi connectivity index (χ2n) is 7.84. The normalized spacial score (nSPS) is 13.1. The van der Waals surface area contributed by atoms with Gasteiger partial charge < -0.3 is 0 Å². The fourth-order valence-electron chi connectivity index (χ4n) is 4.15. The summed E-state index contributed by atoms with van der Waals surface area (Å²) >= 11 is 1.50. The molecule has 164 valence electrons. The van der Waals surface area contributed by atoms with Gasteiger partial charge in [0.05, 0.1) is 16.0 Å². The maximum absolute atomic E-state index is 13.7. The lowest BCUT2D eigenvalue weighted by atomic mass is 10.1. The molecule has 0 saturated carbocycles. The van der Waals surface area contributed by atoms with Crippen LogP contribution < -0.4 is 0 Å². The van der Waals surface area contributed by atoms with Crippen molar-refractivity contribution < 1.29 is 18.4 Å². The SMILES string of the molecule is O=C1C(=Cc2cc3sc(-c4ccccc4)nc3n2-c2ccccc2)C(=O)c2cc(F)c(F)cc21. The van der Waals surface area contributed by atoms with Gasteiger partial charge in [0, 0.05) is 22.4 Å². The van der Waals surface area contributed by atoms with E-state index in [2.05, 4.69) is 0 Å². The topological polar surface area (TPSA) is 52.0 Å². The monoisotopic (exact) mass is 468 g/mol. The molecule has 0 atom stereocenters. The number of fused-ring (bicyclic) bond motifs is 2. The van der Waals surface area contributed by atoms with E-state index < -0.39 is 23.2 Å². The van der Waals surface area contributed by atoms with Gasteiger partial charge in [-0.3, -0.25) is 14.2 Å². The average Bonchev–Trinajstić information content (AvgIpc) is 3.47. The van der Waals surface area contributed by atoms with Gasteiger partial charge in [-0.15, -0.1) is 11.3 Å². The van der Waals surface area contributed by atoms with Crippen LogP contribution in [0.15, 0.2) is 84.4 Å². The number of carbonyl (C=O) groups is 2. The lowest BCUT2D eigenvalue weighted by Crippen LogP contribution is -2.03. The van der Waals surface area contributed by atoms with Gasteiger partial charge in [0.25, 0.3) is 0 Å². The fourth-order valence-corrected chi connectivity index (χ4v) is 5.16. The quantitative estimate of drug-likeness (QED) is 0.225. The molecule has 7 heteroatoms. The molecule has 0 radical (unpaired) electrons. The Morgan fingerprint density at radius 1 is 0.794 bits per heavy atom. The Bertz CT molecular complexity index is 1610. The summed E-state index contributed by atoms with van der Waals surface area (Å²) in [6, 6.07) is 22.7. The van der Waals surface area contributed by atoms with Crippen molar-refractivity contribution in [1.82, 2.24) is 9.55 Å². The number of benzene rings is 3. The molecule has 3 aromatic carbocycles. The highest BCUT2D eigenvalue weighted by molar-refractivity contribution is 7.21. The smallest absolute Gasteiger partial charge is 0.197 e. The van der Waals surface area contributed by atoms with Gasteiger partial charge in [0.15, 0.2) is 28.8 Å². The number of para-hydroxylation sites is 1. The molecule has 0 fully saturated rings. The largest absolute Gasteiger partial charge is 0.294 e. The molecule has 0 amide bonds. The average molecular weight is 468 g/mol. The molecule has 2 heterocycles. The summed E-state index contributed by atoms with van der Waals surface area (Å²) in [6.45, 7) is 0. The maximum Gasteiger partial charge on any atom is 0.197 e. The van der Waals surface area contributed by atoms with E-state index in [-0.39, 0.29) is 16.7 Å². The van der Waals surface area contributed by atoms with Gasteiger partial charge >= 0.3 is 0 Å². The molecule has 5 aromatic rings. The molecular weight excluding hydrogens is 454 g/mol. The number of nitrogens with zero attached hydrogens (tertiary/aromatic N) is 2. The van der Waals surface area contributed by atoms with Crippen LogP contribution in [-0.4, -0.2) is 21.1 Å². The van der Waals surface area contributed by atoms with Crippen LogP contribution in [0, 0.1) is 11.6 Å². The van der Waals surface area contributed by atoms with Gasteiger partial charge in [-0.1, -0.05) is 48.5 Å². The fraction of sp³-hybridized carbons (Fsp3) is 0. The number of hydrogen-bond donors (Lipinski definition) is 0. The Hall–Kier alpha value is -4.23. The number of thiazole rings is 1. The molecule has 34 heavy (non-hydrogen) atoms. The van der Waals surface area contributed by atoms with E-state index in [0.29, 0.717) is 11.3 Å². The van der Waals surface area contributed by atoms with Crippen molar-refractivity contribution in [2.45, 2.75) is 0 Å². The minimum Gasteiger partial charge on any atom is -0.294 e. The van der Waals surface area contributed by atoms with E-state index in [1.807, 2.05) is 71.3 Å². The van der Waals surface area contributed by atoms with E-state index in [0.717, 1.165) is 33.1 Å². The van der Waals surface area contributed by atoms with E-state index >= 15 is 0 Å². The zero-order valence-corrected chi connectivity index (χ0v) is 18.3. The van der Waals surface area contributed by atoms with Crippen molar-refractivity contribution in [3.8, 4) is 16.3 Å². The molecular formula is C27H14F2N2O2S. The second-order valence-corrected chi connectivity index (χ2v) is 8.87. The number of Topliss-reactive ketones (excluding diaryl/α,β-unsaturated/α-hetero) is 2. The third kappa shape index (κ3) is 3.13. The van der Waals surface area contributed by atoms with Gasteiger partial charge in [0.2, 0.25) is 0 Å². The number of halogens is 2. The molecule has 0 bridgehead atoms. The molecule has 2 aromatic heterocycles. The molecule has 0 saturated heterocycles. The molecule has 1 aliphatic rings. The van der Waals surface area contributed by atoms with Crippen LogP contribution in [-0.2, 0) is 0 Å². The summed E-state index contributed by atoms with van der Waals surface area (Å²) in [7, 11) is 0. The molecule has 1 aliphatic carbocycles. The third-order valence-corrected chi connectivity index (χ3v) is 6.79. The van der Waals surface area contributed by atoms with Gasteiger partial charge in [-0.05, 0) is 36.4 Å². The Balaban J connectivity index is 1.54. The summed E-state index contributed by atoms with van der Waals surface area (Å²) < 4.78 is 30.2. The van der Waals surface area contributed by atoms with Gasteiger partial charge in [0.1, 0.15) is 5.01 Å². The molecule has 0 unspecified atom stereocenters. The number of carbonyl (C=O) groups excluding carboxylic acids is 2. The summed E-state index contributed by atoms with van der Waals surface area (Å²) in [5.74, 6) is -3.57. The predicted octanol–water partition coefficient (Wildman–Crippen LogP) is 6.49. The van der Waals surface area contributed by atoms with Crippen molar-refractivity contribution in [2.24, 2.45) is 0 Å². The molecule has 6 rings (SSSR count). The van der Waals surface area contributed by atoms with Crippen LogP contribution in [0.3, 0.4) is 0 Å². The van der Waals surface area contributed by atoms with Gasteiger partial charge in [-0.25, -0.2) is 13.8 Å². The first-order chi connectivity index (χ1) is 16.5. The van der Waals surface area contributed by atoms with Crippen LogP contribution in [0.4, 0.5) is 8.78 Å². The van der Waals surface area contributed by atoms with E-state index in [4.69, 9.17) is 4.98 Å². The summed E-state index contributed by atoms with van der Waals surface area (Å²) in [5, 5.41) is 0.848. The molecule has 0 aliphatic heterocycles. The highest BCUT2D eigenvalue weighted by atomic mass is 32.1. The van der Waals surface area contributed by atoms with E-state index in [1.165, 1.54) is 17.4 Å². The summed E-state index contributed by atoms with van der Waals surface area (Å²) in [4.78, 5) is 30.7. The Labute approximate surface area is 196 Å². The first-order valence-electron chi connectivity index (χ1n) is 10.4. The lowest BCUT2D eigenvalue weighted by Gasteiger charge is -2.07. The number of allylic oxidation sites excluding steroid dienone is 1. The van der Waals surface area contributed by atoms with Crippen LogP contribution in [0.2, 0.25) is 0 Å². The van der Waals surface area contributed by atoms with Crippen molar-refractivity contribution in [3.63, 3.8) is 0 Å². The van der Waals surface area contributed by atoms with Crippen LogP contribution >= 0.6 is 11.3 Å². The Morgan fingerprint density at radius 2 is 1.38 bits per heavy atom. The summed E-state index contributed by atoms with van der Waals surface area (Å²) in [6.07, 6.45) is 1.48. The highest BCUT2D eigenvalue weighted by Crippen LogP contribution is 2.36. The number of ketones is 2. The molecule has 0 N–H and O–H groups in total. The molecule has 4 nitrogen and oxygen atoms in total. The third-order valence-electron chi connectivity index (χ3n) is 5.75. The number of rotatable bonds is 3.